The number of aryl methyl sites for hydroxylation is 1. The Morgan fingerprint density at radius 1 is 1.28 bits per heavy atom. The van der Waals surface area contributed by atoms with Crippen molar-refractivity contribution in [1.82, 2.24) is 19.4 Å². The zero-order valence-corrected chi connectivity index (χ0v) is 12.5. The Morgan fingerprint density at radius 2 is 1.94 bits per heavy atom. The molecule has 0 radical (unpaired) electrons. The Balaban J connectivity index is 1.95. The lowest BCUT2D eigenvalue weighted by atomic mass is 10.3. The van der Waals surface area contributed by atoms with Gasteiger partial charge in [0.15, 0.2) is 0 Å². The van der Waals surface area contributed by atoms with Gasteiger partial charge in [0.05, 0.1) is 12.0 Å². The fourth-order valence-corrected chi connectivity index (χ4v) is 2.36. The minimum absolute atomic E-state index is 0.0108. The third kappa shape index (κ3) is 3.18. The first-order valence-electron chi connectivity index (χ1n) is 6.20. The average Bonchev–Trinajstić information content (AvgIpc) is 2.37. The first-order valence-corrected chi connectivity index (χ1v) is 6.99. The normalized spacial score (nSPS) is 18.2. The predicted octanol–water partition coefficient (Wildman–Crippen LogP) is 0.562. The molecule has 0 saturated carbocycles. The molecule has 1 aliphatic rings. The fraction of sp³-hybridized carbons (Fsp3) is 0.667. The van der Waals surface area contributed by atoms with Crippen molar-refractivity contribution < 1.29 is 0 Å². The summed E-state index contributed by atoms with van der Waals surface area (Å²) in [7, 11) is 2.14. The van der Waals surface area contributed by atoms with Crippen LogP contribution < -0.4 is 5.56 Å². The van der Waals surface area contributed by atoms with E-state index in [1.54, 1.807) is 10.9 Å². The summed E-state index contributed by atoms with van der Waals surface area (Å²) in [4.78, 5) is 20.9. The molecule has 1 aromatic heterocycles. The number of hydrogen-bond acceptors (Lipinski definition) is 4. The maximum Gasteiger partial charge on any atom is 0.267 e. The van der Waals surface area contributed by atoms with Gasteiger partial charge >= 0.3 is 0 Å². The highest BCUT2D eigenvalue weighted by molar-refractivity contribution is 9.10. The van der Waals surface area contributed by atoms with E-state index >= 15 is 0 Å². The molecule has 0 spiro atoms. The molecule has 1 fully saturated rings. The van der Waals surface area contributed by atoms with Gasteiger partial charge in [-0.25, -0.2) is 4.98 Å². The molecule has 1 saturated heterocycles. The Hall–Kier alpha value is -0.720. The monoisotopic (exact) mass is 314 g/mol. The SMILES string of the molecule is Cc1ncn(CCN2CCN(C)CC2)c(=O)c1Br. The highest BCUT2D eigenvalue weighted by atomic mass is 79.9. The Morgan fingerprint density at radius 3 is 2.61 bits per heavy atom. The fourth-order valence-electron chi connectivity index (χ4n) is 2.03. The third-order valence-corrected chi connectivity index (χ3v) is 4.32. The van der Waals surface area contributed by atoms with Crippen LogP contribution in [0.5, 0.6) is 0 Å². The Kier molecular flexibility index (Phi) is 4.53. The zero-order chi connectivity index (χ0) is 13.1. The van der Waals surface area contributed by atoms with E-state index in [4.69, 9.17) is 0 Å². The summed E-state index contributed by atoms with van der Waals surface area (Å²) in [6.45, 7) is 7.79. The van der Waals surface area contributed by atoms with Gasteiger partial charge in [-0.15, -0.1) is 0 Å². The number of rotatable bonds is 3. The summed E-state index contributed by atoms with van der Waals surface area (Å²) in [5.74, 6) is 0. The summed E-state index contributed by atoms with van der Waals surface area (Å²) in [5, 5.41) is 0. The minimum atomic E-state index is 0.0108. The maximum absolute atomic E-state index is 12.0. The quantitative estimate of drug-likeness (QED) is 0.817. The van der Waals surface area contributed by atoms with Crippen LogP contribution in [-0.2, 0) is 6.54 Å². The van der Waals surface area contributed by atoms with E-state index in [1.165, 1.54) is 0 Å². The molecule has 2 heterocycles. The molecule has 18 heavy (non-hydrogen) atoms. The number of aromatic nitrogens is 2. The molecule has 6 heteroatoms. The average molecular weight is 315 g/mol. The largest absolute Gasteiger partial charge is 0.304 e. The van der Waals surface area contributed by atoms with Crippen LogP contribution in [0.4, 0.5) is 0 Å². The second-order valence-electron chi connectivity index (χ2n) is 4.79. The highest BCUT2D eigenvalue weighted by Crippen LogP contribution is 2.06. The van der Waals surface area contributed by atoms with E-state index in [0.717, 1.165) is 38.4 Å². The van der Waals surface area contributed by atoms with Crippen LogP contribution in [0.1, 0.15) is 5.69 Å². The molecular weight excluding hydrogens is 296 g/mol. The lowest BCUT2D eigenvalue weighted by molar-refractivity contribution is 0.149. The van der Waals surface area contributed by atoms with E-state index in [0.29, 0.717) is 11.0 Å². The Bertz CT molecular complexity index is 466. The van der Waals surface area contributed by atoms with Crippen LogP contribution in [-0.4, -0.2) is 59.1 Å². The van der Waals surface area contributed by atoms with E-state index in [1.807, 2.05) is 6.92 Å². The van der Waals surface area contributed by atoms with E-state index in [2.05, 4.69) is 37.8 Å². The van der Waals surface area contributed by atoms with Crippen molar-refractivity contribution in [3.05, 3.63) is 26.8 Å². The predicted molar refractivity (Wildman–Crippen MR) is 74.9 cm³/mol. The second-order valence-corrected chi connectivity index (χ2v) is 5.58. The van der Waals surface area contributed by atoms with Gasteiger partial charge in [-0.2, -0.15) is 0 Å². The van der Waals surface area contributed by atoms with Crippen molar-refractivity contribution in [2.75, 3.05) is 39.8 Å². The van der Waals surface area contributed by atoms with E-state index in [9.17, 15) is 4.79 Å². The summed E-state index contributed by atoms with van der Waals surface area (Å²) >= 11 is 3.29. The van der Waals surface area contributed by atoms with Crippen molar-refractivity contribution in [3.8, 4) is 0 Å². The molecule has 0 bridgehead atoms. The van der Waals surface area contributed by atoms with Gasteiger partial charge in [0.25, 0.3) is 5.56 Å². The number of halogens is 1. The molecule has 2 rings (SSSR count). The van der Waals surface area contributed by atoms with Crippen molar-refractivity contribution in [3.63, 3.8) is 0 Å². The molecule has 1 aliphatic heterocycles. The first kappa shape index (κ1) is 13.7. The molecule has 5 nitrogen and oxygen atoms in total. The van der Waals surface area contributed by atoms with Gasteiger partial charge < -0.3 is 4.90 Å². The zero-order valence-electron chi connectivity index (χ0n) is 10.9. The number of hydrogen-bond donors (Lipinski definition) is 0. The molecule has 0 amide bonds. The minimum Gasteiger partial charge on any atom is -0.304 e. The summed E-state index contributed by atoms with van der Waals surface area (Å²) in [6.07, 6.45) is 1.64. The van der Waals surface area contributed by atoms with Gasteiger partial charge in [0, 0.05) is 39.3 Å². The molecule has 1 aromatic rings. The second kappa shape index (κ2) is 5.95. The van der Waals surface area contributed by atoms with Crippen LogP contribution in [0.2, 0.25) is 0 Å². The highest BCUT2D eigenvalue weighted by Gasteiger charge is 2.14. The van der Waals surface area contributed by atoms with Gasteiger partial charge in [0.1, 0.15) is 4.47 Å². The van der Waals surface area contributed by atoms with Gasteiger partial charge in [-0.05, 0) is 29.9 Å². The summed E-state index contributed by atoms with van der Waals surface area (Å²) in [5.41, 5.74) is 0.757. The molecule has 0 unspecified atom stereocenters. The van der Waals surface area contributed by atoms with E-state index < -0.39 is 0 Å². The van der Waals surface area contributed by atoms with Crippen LogP contribution in [0.15, 0.2) is 15.6 Å². The molecule has 0 atom stereocenters. The molecule has 0 aromatic carbocycles. The van der Waals surface area contributed by atoms with Crippen LogP contribution in [0, 0.1) is 6.92 Å². The molecule has 100 valence electrons. The van der Waals surface area contributed by atoms with E-state index in [-0.39, 0.29) is 5.56 Å². The van der Waals surface area contributed by atoms with Crippen LogP contribution in [0.25, 0.3) is 0 Å². The molecular formula is C12H19BrN4O. The summed E-state index contributed by atoms with van der Waals surface area (Å²) in [6, 6.07) is 0. The first-order chi connectivity index (χ1) is 8.58. The van der Waals surface area contributed by atoms with Crippen LogP contribution in [0.3, 0.4) is 0 Å². The lowest BCUT2D eigenvalue weighted by Gasteiger charge is -2.32. The maximum atomic E-state index is 12.0. The van der Waals surface area contributed by atoms with Gasteiger partial charge in [0.2, 0.25) is 0 Å². The number of likely N-dealkylation sites (N-methyl/N-ethyl adjacent to an activating group) is 1. The summed E-state index contributed by atoms with van der Waals surface area (Å²) < 4.78 is 2.25. The third-order valence-electron chi connectivity index (χ3n) is 3.41. The smallest absolute Gasteiger partial charge is 0.267 e. The number of nitrogens with zero attached hydrogens (tertiary/aromatic N) is 4. The van der Waals surface area contributed by atoms with Crippen molar-refractivity contribution in [2.24, 2.45) is 0 Å². The van der Waals surface area contributed by atoms with Crippen molar-refractivity contribution in [2.45, 2.75) is 13.5 Å². The number of piperazine rings is 1. The standard InChI is InChI=1S/C12H19BrN4O/c1-10-11(13)12(18)17(9-14-10)8-7-16-5-3-15(2)4-6-16/h9H,3-8H2,1-2H3. The van der Waals surface area contributed by atoms with Crippen LogP contribution >= 0.6 is 15.9 Å². The Labute approximate surface area is 116 Å². The molecule has 0 aliphatic carbocycles. The molecule has 0 N–H and O–H groups in total. The topological polar surface area (TPSA) is 41.4 Å². The van der Waals surface area contributed by atoms with Crippen molar-refractivity contribution in [1.29, 1.82) is 0 Å². The lowest BCUT2D eigenvalue weighted by Crippen LogP contribution is -2.45. The van der Waals surface area contributed by atoms with Crippen molar-refractivity contribution >= 4 is 15.9 Å². The van der Waals surface area contributed by atoms with Gasteiger partial charge in [-0.1, -0.05) is 0 Å². The van der Waals surface area contributed by atoms with Gasteiger partial charge in [-0.3, -0.25) is 14.3 Å².